The van der Waals surface area contributed by atoms with Gasteiger partial charge in [0.1, 0.15) is 0 Å². The van der Waals surface area contributed by atoms with Gasteiger partial charge in [0, 0.05) is 18.2 Å². The molecule has 0 heterocycles. The van der Waals surface area contributed by atoms with Crippen LogP contribution in [0.25, 0.3) is 10.8 Å². The second-order valence-corrected chi connectivity index (χ2v) is 6.35. The summed E-state index contributed by atoms with van der Waals surface area (Å²) in [6, 6.07) is 23.6. The summed E-state index contributed by atoms with van der Waals surface area (Å²) < 4.78 is 0. The van der Waals surface area contributed by atoms with E-state index in [-0.39, 0.29) is 0 Å². The van der Waals surface area contributed by atoms with E-state index in [0.717, 1.165) is 12.2 Å². The molecule has 0 aliphatic heterocycles. The molecule has 3 aromatic carbocycles. The summed E-state index contributed by atoms with van der Waals surface area (Å²) in [7, 11) is 0. The van der Waals surface area contributed by atoms with Gasteiger partial charge in [-0.25, -0.2) is 0 Å². The van der Waals surface area contributed by atoms with Gasteiger partial charge in [0.15, 0.2) is 0 Å². The van der Waals surface area contributed by atoms with Gasteiger partial charge in [0.2, 0.25) is 0 Å². The van der Waals surface area contributed by atoms with E-state index in [0.29, 0.717) is 5.92 Å². The highest BCUT2D eigenvalue weighted by Crippen LogP contribution is 2.35. The van der Waals surface area contributed by atoms with Crippen LogP contribution >= 0.6 is 0 Å². The van der Waals surface area contributed by atoms with Crippen molar-refractivity contribution in [2.24, 2.45) is 0 Å². The van der Waals surface area contributed by atoms with Gasteiger partial charge in [0.25, 0.3) is 0 Å². The van der Waals surface area contributed by atoms with E-state index >= 15 is 0 Å². The predicted molar refractivity (Wildman–Crippen MR) is 103 cm³/mol. The van der Waals surface area contributed by atoms with Crippen LogP contribution in [0.3, 0.4) is 0 Å². The largest absolute Gasteiger partial charge is 0.381 e. The molecule has 1 heteroatoms. The predicted octanol–water partition coefficient (Wildman–Crippen LogP) is 6.05. The summed E-state index contributed by atoms with van der Waals surface area (Å²) >= 11 is 0. The number of para-hydroxylation sites is 1. The average molecular weight is 311 g/mol. The van der Waals surface area contributed by atoms with Crippen molar-refractivity contribution >= 4 is 16.5 Å². The highest BCUT2D eigenvalue weighted by atomic mass is 14.9. The molecule has 0 spiro atoms. The molecule has 1 nitrogen and oxygen atoms in total. The SMILES string of the molecule is CC1=CC=CC1c1ccc2ccccc2c1CNc1ccccc1. The van der Waals surface area contributed by atoms with Crippen LogP contribution in [0.15, 0.2) is 90.5 Å². The Bertz CT molecular complexity index is 919. The van der Waals surface area contributed by atoms with Crippen molar-refractivity contribution < 1.29 is 0 Å². The summed E-state index contributed by atoms with van der Waals surface area (Å²) in [4.78, 5) is 0. The van der Waals surface area contributed by atoms with Crippen molar-refractivity contribution in [3.63, 3.8) is 0 Å². The molecule has 0 aromatic heterocycles. The zero-order valence-electron chi connectivity index (χ0n) is 13.9. The fourth-order valence-corrected chi connectivity index (χ4v) is 3.51. The smallest absolute Gasteiger partial charge is 0.0410 e. The first-order valence-electron chi connectivity index (χ1n) is 8.47. The van der Waals surface area contributed by atoms with E-state index < -0.39 is 0 Å². The van der Waals surface area contributed by atoms with Gasteiger partial charge >= 0.3 is 0 Å². The number of hydrogen-bond donors (Lipinski definition) is 1. The molecule has 1 aliphatic carbocycles. The summed E-state index contributed by atoms with van der Waals surface area (Å²) in [5.74, 6) is 0.391. The Hall–Kier alpha value is -2.80. The Kier molecular flexibility index (Phi) is 3.92. The Morgan fingerprint density at radius 2 is 1.67 bits per heavy atom. The van der Waals surface area contributed by atoms with Crippen LogP contribution in [0.2, 0.25) is 0 Å². The fourth-order valence-electron chi connectivity index (χ4n) is 3.51. The second kappa shape index (κ2) is 6.37. The molecule has 1 aliphatic rings. The summed E-state index contributed by atoms with van der Waals surface area (Å²) in [5.41, 5.74) is 5.36. The van der Waals surface area contributed by atoms with Gasteiger partial charge in [-0.3, -0.25) is 0 Å². The Labute approximate surface area is 143 Å². The molecule has 0 saturated carbocycles. The third-order valence-corrected chi connectivity index (χ3v) is 4.81. The highest BCUT2D eigenvalue weighted by molar-refractivity contribution is 5.87. The quantitative estimate of drug-likeness (QED) is 0.618. The molecule has 0 bridgehead atoms. The van der Waals surface area contributed by atoms with Crippen molar-refractivity contribution in [1.29, 1.82) is 0 Å². The van der Waals surface area contributed by atoms with Crippen molar-refractivity contribution in [2.45, 2.75) is 19.4 Å². The van der Waals surface area contributed by atoms with E-state index in [4.69, 9.17) is 0 Å². The van der Waals surface area contributed by atoms with Crippen LogP contribution in [-0.2, 0) is 6.54 Å². The van der Waals surface area contributed by atoms with Gasteiger partial charge in [0.05, 0.1) is 0 Å². The van der Waals surface area contributed by atoms with E-state index in [9.17, 15) is 0 Å². The lowest BCUT2D eigenvalue weighted by molar-refractivity contribution is 0.976. The normalized spacial score (nSPS) is 16.4. The topological polar surface area (TPSA) is 12.0 Å². The molecule has 0 radical (unpaired) electrons. The first-order valence-corrected chi connectivity index (χ1v) is 8.47. The number of rotatable bonds is 4. The average Bonchev–Trinajstić information content (AvgIpc) is 3.06. The number of nitrogens with one attached hydrogen (secondary N) is 1. The number of benzene rings is 3. The molecule has 1 N–H and O–H groups in total. The molecule has 24 heavy (non-hydrogen) atoms. The van der Waals surface area contributed by atoms with Crippen molar-refractivity contribution in [3.05, 3.63) is 102 Å². The van der Waals surface area contributed by atoms with Crippen LogP contribution in [-0.4, -0.2) is 0 Å². The maximum atomic E-state index is 3.59. The van der Waals surface area contributed by atoms with Crippen LogP contribution < -0.4 is 5.32 Å². The molecular formula is C23H21N. The molecule has 0 fully saturated rings. The fraction of sp³-hybridized carbons (Fsp3) is 0.130. The first-order chi connectivity index (χ1) is 11.8. The minimum absolute atomic E-state index is 0.391. The van der Waals surface area contributed by atoms with Gasteiger partial charge in [-0.2, -0.15) is 0 Å². The Morgan fingerprint density at radius 3 is 2.46 bits per heavy atom. The lowest BCUT2D eigenvalue weighted by atomic mass is 9.87. The van der Waals surface area contributed by atoms with E-state index in [2.05, 4.69) is 91.1 Å². The van der Waals surface area contributed by atoms with E-state index in [1.807, 2.05) is 6.07 Å². The van der Waals surface area contributed by atoms with Crippen molar-refractivity contribution in [3.8, 4) is 0 Å². The minimum Gasteiger partial charge on any atom is -0.381 e. The molecule has 118 valence electrons. The van der Waals surface area contributed by atoms with Gasteiger partial charge in [-0.15, -0.1) is 0 Å². The number of hydrogen-bond acceptors (Lipinski definition) is 1. The van der Waals surface area contributed by atoms with E-state index in [1.54, 1.807) is 0 Å². The van der Waals surface area contributed by atoms with Gasteiger partial charge < -0.3 is 5.32 Å². The van der Waals surface area contributed by atoms with Crippen molar-refractivity contribution in [1.82, 2.24) is 0 Å². The molecule has 0 amide bonds. The van der Waals surface area contributed by atoms with Crippen LogP contribution in [0.1, 0.15) is 24.0 Å². The lowest BCUT2D eigenvalue weighted by Crippen LogP contribution is -2.07. The standard InChI is InChI=1S/C23H21N/c1-17-8-7-13-20(17)22-15-14-18-9-5-6-12-21(18)23(22)16-24-19-10-3-2-4-11-19/h2-15,20,24H,16H2,1H3. The minimum atomic E-state index is 0.391. The third kappa shape index (κ3) is 2.74. The summed E-state index contributed by atoms with van der Waals surface area (Å²) in [5, 5.41) is 6.23. The van der Waals surface area contributed by atoms with Gasteiger partial charge in [-0.1, -0.05) is 78.4 Å². The molecule has 0 saturated heterocycles. The van der Waals surface area contributed by atoms with E-state index in [1.165, 1.54) is 27.5 Å². The second-order valence-electron chi connectivity index (χ2n) is 6.35. The maximum absolute atomic E-state index is 3.59. The molecule has 1 unspecified atom stereocenters. The van der Waals surface area contributed by atoms with Crippen LogP contribution in [0.4, 0.5) is 5.69 Å². The lowest BCUT2D eigenvalue weighted by Gasteiger charge is -2.19. The summed E-state index contributed by atoms with van der Waals surface area (Å²) in [6.45, 7) is 3.05. The van der Waals surface area contributed by atoms with Crippen LogP contribution in [0, 0.1) is 0 Å². The molecular weight excluding hydrogens is 290 g/mol. The number of fused-ring (bicyclic) bond motifs is 1. The number of anilines is 1. The first kappa shape index (κ1) is 14.8. The molecule has 3 aromatic rings. The zero-order chi connectivity index (χ0) is 16.4. The maximum Gasteiger partial charge on any atom is 0.0410 e. The number of allylic oxidation sites excluding steroid dienone is 4. The highest BCUT2D eigenvalue weighted by Gasteiger charge is 2.18. The Morgan fingerprint density at radius 1 is 0.875 bits per heavy atom. The molecule has 1 atom stereocenters. The van der Waals surface area contributed by atoms with Crippen LogP contribution in [0.5, 0.6) is 0 Å². The third-order valence-electron chi connectivity index (χ3n) is 4.81. The zero-order valence-corrected chi connectivity index (χ0v) is 13.9. The Balaban J connectivity index is 1.78. The molecule has 4 rings (SSSR count). The van der Waals surface area contributed by atoms with Crippen molar-refractivity contribution in [2.75, 3.05) is 5.32 Å². The van der Waals surface area contributed by atoms with Gasteiger partial charge in [-0.05, 0) is 41.0 Å². The monoisotopic (exact) mass is 311 g/mol. The summed E-state index contributed by atoms with van der Waals surface area (Å²) in [6.07, 6.45) is 6.68.